The SMILES string of the molecule is O=C(O)CCCCCN1CCCNC1=O. The first-order valence-corrected chi connectivity index (χ1v) is 5.45. The van der Waals surface area contributed by atoms with Gasteiger partial charge in [0.15, 0.2) is 0 Å². The van der Waals surface area contributed by atoms with Gasteiger partial charge in [0.25, 0.3) is 0 Å². The summed E-state index contributed by atoms with van der Waals surface area (Å²) >= 11 is 0. The number of rotatable bonds is 6. The molecule has 5 heteroatoms. The standard InChI is InChI=1S/C10H18N2O3/c13-9(14)5-2-1-3-7-12-8-4-6-11-10(12)15/h1-8H2,(H,11,15)(H,13,14). The number of aliphatic carboxylic acids is 1. The van der Waals surface area contributed by atoms with Crippen LogP contribution in [0.4, 0.5) is 4.79 Å². The number of carbonyl (C=O) groups is 2. The van der Waals surface area contributed by atoms with Crippen molar-refractivity contribution in [1.29, 1.82) is 0 Å². The van der Waals surface area contributed by atoms with Gasteiger partial charge in [-0.25, -0.2) is 4.79 Å². The Bertz CT molecular complexity index is 231. The summed E-state index contributed by atoms with van der Waals surface area (Å²) in [6.45, 7) is 2.34. The van der Waals surface area contributed by atoms with Gasteiger partial charge in [0.1, 0.15) is 0 Å². The van der Waals surface area contributed by atoms with Gasteiger partial charge < -0.3 is 15.3 Å². The minimum atomic E-state index is -0.745. The molecule has 2 amide bonds. The fraction of sp³-hybridized carbons (Fsp3) is 0.800. The van der Waals surface area contributed by atoms with E-state index in [1.807, 2.05) is 0 Å². The summed E-state index contributed by atoms with van der Waals surface area (Å²) in [6, 6.07) is 0.0134. The predicted molar refractivity (Wildman–Crippen MR) is 55.7 cm³/mol. The number of unbranched alkanes of at least 4 members (excludes halogenated alkanes) is 2. The van der Waals surface area contributed by atoms with Crippen LogP contribution in [0.1, 0.15) is 32.1 Å². The maximum atomic E-state index is 11.3. The third-order valence-corrected chi connectivity index (χ3v) is 2.49. The predicted octanol–water partition coefficient (Wildman–Crippen LogP) is 1.05. The van der Waals surface area contributed by atoms with Gasteiger partial charge in [-0.05, 0) is 19.3 Å². The van der Waals surface area contributed by atoms with Gasteiger partial charge in [0, 0.05) is 26.1 Å². The molecule has 0 saturated carbocycles. The summed E-state index contributed by atoms with van der Waals surface area (Å²) in [4.78, 5) is 23.3. The second kappa shape index (κ2) is 6.27. The van der Waals surface area contributed by atoms with E-state index < -0.39 is 5.97 Å². The maximum absolute atomic E-state index is 11.3. The van der Waals surface area contributed by atoms with Crippen LogP contribution < -0.4 is 5.32 Å². The summed E-state index contributed by atoms with van der Waals surface area (Å²) in [5, 5.41) is 11.2. The molecule has 0 aromatic heterocycles. The molecule has 0 bridgehead atoms. The Hall–Kier alpha value is -1.26. The quantitative estimate of drug-likeness (QED) is 0.649. The summed E-state index contributed by atoms with van der Waals surface area (Å²) < 4.78 is 0. The van der Waals surface area contributed by atoms with E-state index in [0.717, 1.165) is 38.9 Å². The molecule has 1 aliphatic rings. The van der Waals surface area contributed by atoms with Gasteiger partial charge in [-0.15, -0.1) is 0 Å². The smallest absolute Gasteiger partial charge is 0.317 e. The molecule has 0 aromatic rings. The molecule has 1 aliphatic heterocycles. The zero-order chi connectivity index (χ0) is 11.1. The fourth-order valence-corrected chi connectivity index (χ4v) is 1.65. The monoisotopic (exact) mass is 214 g/mol. The lowest BCUT2D eigenvalue weighted by Crippen LogP contribution is -2.46. The van der Waals surface area contributed by atoms with Crippen LogP contribution in [-0.4, -0.2) is 41.6 Å². The molecule has 86 valence electrons. The Morgan fingerprint density at radius 2 is 2.20 bits per heavy atom. The minimum Gasteiger partial charge on any atom is -0.481 e. The zero-order valence-corrected chi connectivity index (χ0v) is 8.87. The number of nitrogens with one attached hydrogen (secondary N) is 1. The molecule has 2 N–H and O–H groups in total. The van der Waals surface area contributed by atoms with Crippen molar-refractivity contribution < 1.29 is 14.7 Å². The van der Waals surface area contributed by atoms with Gasteiger partial charge in [0.05, 0.1) is 0 Å². The minimum absolute atomic E-state index is 0.0134. The lowest BCUT2D eigenvalue weighted by molar-refractivity contribution is -0.137. The van der Waals surface area contributed by atoms with Crippen molar-refractivity contribution in [3.8, 4) is 0 Å². The molecule has 0 aliphatic carbocycles. The Labute approximate surface area is 89.4 Å². The van der Waals surface area contributed by atoms with Crippen LogP contribution in [0.25, 0.3) is 0 Å². The summed E-state index contributed by atoms with van der Waals surface area (Å²) in [6.07, 6.45) is 3.69. The maximum Gasteiger partial charge on any atom is 0.317 e. The first kappa shape index (κ1) is 11.8. The van der Waals surface area contributed by atoms with Gasteiger partial charge >= 0.3 is 12.0 Å². The van der Waals surface area contributed by atoms with E-state index in [4.69, 9.17) is 5.11 Å². The van der Waals surface area contributed by atoms with E-state index in [0.29, 0.717) is 6.42 Å². The Balaban J connectivity index is 2.03. The highest BCUT2D eigenvalue weighted by atomic mass is 16.4. The highest BCUT2D eigenvalue weighted by Gasteiger charge is 2.15. The van der Waals surface area contributed by atoms with E-state index in [1.165, 1.54) is 0 Å². The summed E-state index contributed by atoms with van der Waals surface area (Å²) in [5.74, 6) is -0.745. The summed E-state index contributed by atoms with van der Waals surface area (Å²) in [7, 11) is 0. The van der Waals surface area contributed by atoms with E-state index in [1.54, 1.807) is 4.90 Å². The van der Waals surface area contributed by atoms with Gasteiger partial charge in [0.2, 0.25) is 0 Å². The molecule has 1 fully saturated rings. The molecule has 1 saturated heterocycles. The Morgan fingerprint density at radius 3 is 2.87 bits per heavy atom. The molecule has 15 heavy (non-hydrogen) atoms. The largest absolute Gasteiger partial charge is 0.481 e. The first-order chi connectivity index (χ1) is 7.20. The van der Waals surface area contributed by atoms with Crippen molar-refractivity contribution in [2.75, 3.05) is 19.6 Å². The van der Waals surface area contributed by atoms with Crippen molar-refractivity contribution in [1.82, 2.24) is 10.2 Å². The second-order valence-corrected chi connectivity index (χ2v) is 3.78. The van der Waals surface area contributed by atoms with Gasteiger partial charge in [-0.2, -0.15) is 0 Å². The molecule has 5 nitrogen and oxygen atoms in total. The molecule has 0 unspecified atom stereocenters. The van der Waals surface area contributed by atoms with Crippen molar-refractivity contribution in [3.63, 3.8) is 0 Å². The van der Waals surface area contributed by atoms with Crippen molar-refractivity contribution in [2.45, 2.75) is 32.1 Å². The van der Waals surface area contributed by atoms with Crippen molar-refractivity contribution >= 4 is 12.0 Å². The highest BCUT2D eigenvalue weighted by Crippen LogP contribution is 2.05. The number of carbonyl (C=O) groups excluding carboxylic acids is 1. The third kappa shape index (κ3) is 4.67. The molecule has 0 atom stereocenters. The number of amides is 2. The zero-order valence-electron chi connectivity index (χ0n) is 8.87. The van der Waals surface area contributed by atoms with Gasteiger partial charge in [-0.1, -0.05) is 6.42 Å². The van der Waals surface area contributed by atoms with E-state index in [9.17, 15) is 9.59 Å². The molecule has 0 radical (unpaired) electrons. The molecular formula is C10H18N2O3. The average molecular weight is 214 g/mol. The van der Waals surface area contributed by atoms with E-state index >= 15 is 0 Å². The molecular weight excluding hydrogens is 196 g/mol. The lowest BCUT2D eigenvalue weighted by Gasteiger charge is -2.27. The average Bonchev–Trinajstić information content (AvgIpc) is 2.20. The molecule has 0 aromatic carbocycles. The van der Waals surface area contributed by atoms with Crippen LogP contribution in [0.15, 0.2) is 0 Å². The number of urea groups is 1. The number of nitrogens with zero attached hydrogens (tertiary/aromatic N) is 1. The Kier molecular flexibility index (Phi) is 4.93. The van der Waals surface area contributed by atoms with E-state index in [2.05, 4.69) is 5.32 Å². The second-order valence-electron chi connectivity index (χ2n) is 3.78. The molecule has 1 heterocycles. The normalized spacial score (nSPS) is 16.3. The fourth-order valence-electron chi connectivity index (χ4n) is 1.65. The van der Waals surface area contributed by atoms with Crippen molar-refractivity contribution in [2.24, 2.45) is 0 Å². The summed E-state index contributed by atoms with van der Waals surface area (Å²) in [5.41, 5.74) is 0. The number of hydrogen-bond acceptors (Lipinski definition) is 2. The lowest BCUT2D eigenvalue weighted by atomic mass is 10.2. The topological polar surface area (TPSA) is 69.6 Å². The van der Waals surface area contributed by atoms with Gasteiger partial charge in [-0.3, -0.25) is 4.79 Å². The van der Waals surface area contributed by atoms with E-state index in [-0.39, 0.29) is 12.5 Å². The number of carboxylic acid groups (broad SMARTS) is 1. The van der Waals surface area contributed by atoms with Crippen LogP contribution in [0.2, 0.25) is 0 Å². The molecule has 1 rings (SSSR count). The number of hydrogen-bond donors (Lipinski definition) is 2. The van der Waals surface area contributed by atoms with Crippen molar-refractivity contribution in [3.05, 3.63) is 0 Å². The van der Waals surface area contributed by atoms with Crippen LogP contribution in [-0.2, 0) is 4.79 Å². The number of carboxylic acids is 1. The third-order valence-electron chi connectivity index (χ3n) is 2.49. The highest BCUT2D eigenvalue weighted by molar-refractivity contribution is 5.74. The van der Waals surface area contributed by atoms with Crippen LogP contribution in [0.5, 0.6) is 0 Å². The molecule has 0 spiro atoms. The Morgan fingerprint density at radius 1 is 1.40 bits per heavy atom. The van der Waals surface area contributed by atoms with Crippen LogP contribution in [0, 0.1) is 0 Å². The van der Waals surface area contributed by atoms with Crippen LogP contribution >= 0.6 is 0 Å². The first-order valence-electron chi connectivity index (χ1n) is 5.45. The van der Waals surface area contributed by atoms with Crippen LogP contribution in [0.3, 0.4) is 0 Å².